The van der Waals surface area contributed by atoms with Crippen molar-refractivity contribution in [3.63, 3.8) is 0 Å². The van der Waals surface area contributed by atoms with Crippen LogP contribution in [0.4, 0.5) is 0 Å². The Hall–Kier alpha value is -4.61. The molecule has 0 saturated carbocycles. The summed E-state index contributed by atoms with van der Waals surface area (Å²) < 4.78 is 0. The van der Waals surface area contributed by atoms with E-state index in [2.05, 4.69) is 52.8 Å². The summed E-state index contributed by atoms with van der Waals surface area (Å²) in [6.07, 6.45) is 18.3. The Morgan fingerprint density at radius 2 is 0.583 bits per heavy atom. The predicted molar refractivity (Wildman–Crippen MR) is 442 cm³/mol. The maximum atomic E-state index is 12.6. The fourth-order valence-electron chi connectivity index (χ4n) is 22.3. The Morgan fingerprint density at radius 1 is 0.339 bits per heavy atom. The molecule has 14 atom stereocenters. The minimum absolute atomic E-state index is 0.0119. The highest BCUT2D eigenvalue weighted by molar-refractivity contribution is 6.49. The minimum Gasteiger partial charge on any atom is -0.480 e. The van der Waals surface area contributed by atoms with E-state index in [4.69, 9.17) is 21.5 Å². The molecule has 0 radical (unpaired) electrons. The highest BCUT2D eigenvalue weighted by atomic mass is 16.4. The molecule has 0 spiro atoms. The molecular formula is C74H140B6N14O21. The van der Waals surface area contributed by atoms with E-state index in [9.17, 15) is 94.1 Å². The molecule has 12 aliphatic rings. The molecular weight excluding hydrogens is 1490 g/mol. The SMILES string of the molecule is CB(O)CCCC12CCNC1(C(=O)O)CN(C)C2.CB(O)CCCC12CCNC1(C(=O)O)CNC2.CB(O)CCC[C@@]12CCN[C@]1(C(=O)O)CNC2.CB(O)CCC[C@]12CCN[C@@]1(C(=O)O)CN(C(=O)[C@@H](N)C(C)C)C2.CB(O)CCC[C@]12CCN[C@@]1(C(=O)O)CN(C(=O)[C@H](C)N)C2.O=C(O)[C@]12CNC[C@@]1(CCCB(O)O)CCN2. The topological polar surface area (TPSA) is 570 Å². The number of likely N-dealkylation sites (tertiary alicyclic amines) is 3. The van der Waals surface area contributed by atoms with Crippen molar-refractivity contribution in [2.24, 2.45) is 49.9 Å². The van der Waals surface area contributed by atoms with Crippen molar-refractivity contribution in [1.82, 2.24) is 62.6 Å². The van der Waals surface area contributed by atoms with Crippen molar-refractivity contribution < 1.29 is 104 Å². The summed E-state index contributed by atoms with van der Waals surface area (Å²) in [5, 5.41) is 151. The monoisotopic (exact) mass is 1630 g/mol. The highest BCUT2D eigenvalue weighted by Crippen LogP contribution is 2.54. The zero-order valence-corrected chi connectivity index (χ0v) is 70.0. The van der Waals surface area contributed by atoms with Gasteiger partial charge in [0.05, 0.1) is 25.2 Å². The highest BCUT2D eigenvalue weighted by Gasteiger charge is 2.69. The van der Waals surface area contributed by atoms with Crippen LogP contribution in [-0.4, -0.2) is 340 Å². The Labute approximate surface area is 681 Å². The molecule has 12 heterocycles. The predicted octanol–water partition coefficient (Wildman–Crippen LogP) is -2.27. The van der Waals surface area contributed by atoms with E-state index in [0.717, 1.165) is 155 Å². The van der Waals surface area contributed by atoms with Gasteiger partial charge in [0.1, 0.15) is 33.2 Å². The minimum atomic E-state index is -1.30. The largest absolute Gasteiger partial charge is 0.480 e. The summed E-state index contributed by atoms with van der Waals surface area (Å²) in [5.74, 6) is -5.16. The molecule has 12 rings (SSSR count). The number of carboxylic acids is 6. The fraction of sp³-hybridized carbons (Fsp3) is 0.892. The van der Waals surface area contributed by atoms with Crippen LogP contribution in [-0.2, 0) is 38.4 Å². The van der Waals surface area contributed by atoms with Gasteiger partial charge in [-0.15, -0.1) is 0 Å². The first-order valence-corrected chi connectivity index (χ1v) is 42.4. The zero-order valence-electron chi connectivity index (χ0n) is 70.0. The average molecular weight is 1630 g/mol. The Balaban J connectivity index is 0.000000192. The molecule has 2 amide bonds. The molecule has 4 unspecified atom stereocenters. The second kappa shape index (κ2) is 40.4. The summed E-state index contributed by atoms with van der Waals surface area (Å²) in [7, 11) is 0.690. The van der Waals surface area contributed by atoms with Gasteiger partial charge >= 0.3 is 42.9 Å². The molecule has 0 aromatic rings. The smallest absolute Gasteiger partial charge is 0.451 e. The lowest BCUT2D eigenvalue weighted by Gasteiger charge is -2.36. The van der Waals surface area contributed by atoms with Crippen LogP contribution >= 0.6 is 0 Å². The van der Waals surface area contributed by atoms with Gasteiger partial charge in [-0.2, -0.15) is 0 Å². The van der Waals surface area contributed by atoms with Crippen molar-refractivity contribution in [3.05, 3.63) is 0 Å². The number of hydrogen-bond donors (Lipinski definition) is 24. The van der Waals surface area contributed by atoms with Crippen LogP contribution in [0.5, 0.6) is 0 Å². The van der Waals surface area contributed by atoms with Crippen molar-refractivity contribution in [1.29, 1.82) is 0 Å². The standard InChI is InChI=1S/C16H30BN3O4.C14H26BN3O4.C12H23BN2O3.2C11H21BN2O3.C10H19BN2O4/c1-11(2)12(18)13(21)20-9-15(5-4-7-17(3)24)6-8-19-16(15,10-20)14(22)23;1-10(16)11(19)18-8-13(4-3-6-15(2)22)5-7-17-14(13,9-18)12(20)21;1-13(18)6-3-4-11-5-7-14-12(11,10(16)17)9-15(2)8-11;2*1-12(17)5-2-3-10-4-6-14-11(10,9(15)16)8-13-7-10;14-8(15)10-7-12-6-9(10,3-5-13-10)2-1-4-11(16)17/h11-12,19,24H,4-10,18H2,1-3H3,(H,22,23);10,17,22H,3-9,16H2,1-2H3,(H,20,21);14,18H,3-9H2,1-2H3,(H,16,17);2*13-14,17H,2-8H2,1H3,(H,15,16);12-13,16-17H,1-7H2,(H,14,15)/t12-,15+,16+;10-,13+,14+;;10-,11-;;9-,10-/m00.0.1/s1. The second-order valence-electron chi connectivity index (χ2n) is 37.0. The molecule has 0 aromatic carbocycles. The van der Waals surface area contributed by atoms with E-state index in [0.29, 0.717) is 104 Å². The van der Waals surface area contributed by atoms with Crippen molar-refractivity contribution in [3.8, 4) is 0 Å². The van der Waals surface area contributed by atoms with Gasteiger partial charge in [0.2, 0.25) is 11.8 Å². The first kappa shape index (κ1) is 97.5. The van der Waals surface area contributed by atoms with E-state index in [-0.39, 0.29) is 73.2 Å². The lowest BCUT2D eigenvalue weighted by Crippen LogP contribution is -2.58. The van der Waals surface area contributed by atoms with Crippen LogP contribution in [0.2, 0.25) is 72.0 Å². The zero-order chi connectivity index (χ0) is 85.6. The molecule has 0 aromatic heterocycles. The lowest BCUT2D eigenvalue weighted by molar-refractivity contribution is -0.148. The number of rotatable bonds is 33. The maximum absolute atomic E-state index is 12.6. The third-order valence-corrected chi connectivity index (χ3v) is 28.8. The molecule has 650 valence electrons. The summed E-state index contributed by atoms with van der Waals surface area (Å²) in [5.41, 5.74) is 4.52. The number of nitrogens with zero attached hydrogens (tertiary/aromatic N) is 3. The van der Waals surface area contributed by atoms with Gasteiger partial charge in [0.25, 0.3) is 34.6 Å². The number of hydrogen-bond acceptors (Lipinski definition) is 27. The Kier molecular flexibility index (Phi) is 34.2. The number of nitrogens with two attached hydrogens (primary N) is 2. The average Bonchev–Trinajstić information content (AvgIpc) is 1.57. The van der Waals surface area contributed by atoms with Gasteiger partial charge in [0.15, 0.2) is 0 Å². The number of carbonyl (C=O) groups excluding carboxylic acids is 2. The van der Waals surface area contributed by atoms with Crippen LogP contribution in [0, 0.1) is 38.4 Å². The van der Waals surface area contributed by atoms with Crippen LogP contribution < -0.4 is 59.3 Å². The van der Waals surface area contributed by atoms with E-state index in [1.807, 2.05) is 20.9 Å². The molecule has 41 heteroatoms. The molecule has 26 N–H and O–H groups in total. The van der Waals surface area contributed by atoms with Crippen molar-refractivity contribution >= 4 is 89.3 Å². The molecule has 115 heavy (non-hydrogen) atoms. The van der Waals surface area contributed by atoms with Gasteiger partial charge in [0, 0.05) is 97.9 Å². The van der Waals surface area contributed by atoms with E-state index in [1.54, 1.807) is 50.8 Å². The molecule has 35 nitrogen and oxygen atoms in total. The summed E-state index contributed by atoms with van der Waals surface area (Å²) in [6.45, 7) is 23.2. The summed E-state index contributed by atoms with van der Waals surface area (Å²) >= 11 is 0. The lowest BCUT2D eigenvalue weighted by atomic mass is 9.63. The quantitative estimate of drug-likeness (QED) is 0.0308. The molecule has 12 fully saturated rings. The molecule has 12 aliphatic heterocycles. The van der Waals surface area contributed by atoms with Crippen LogP contribution in [0.1, 0.15) is 136 Å². The van der Waals surface area contributed by atoms with Crippen LogP contribution in [0.25, 0.3) is 0 Å². The molecule has 0 aliphatic carbocycles. The third kappa shape index (κ3) is 20.3. The number of fused-ring (bicyclic) bond motifs is 6. The summed E-state index contributed by atoms with van der Waals surface area (Å²) in [6, 6.07) is -1.23. The van der Waals surface area contributed by atoms with Gasteiger partial charge < -0.3 is 129 Å². The number of carboxylic acid groups (broad SMARTS) is 6. The van der Waals surface area contributed by atoms with Gasteiger partial charge in [-0.3, -0.25) is 49.0 Å². The normalized spacial score (nSPS) is 34.0. The first-order chi connectivity index (χ1) is 53.9. The van der Waals surface area contributed by atoms with Crippen molar-refractivity contribution in [2.45, 2.75) is 254 Å². The summed E-state index contributed by atoms with van der Waals surface area (Å²) in [4.78, 5) is 101. The van der Waals surface area contributed by atoms with Gasteiger partial charge in [-0.1, -0.05) is 86.5 Å². The van der Waals surface area contributed by atoms with Crippen LogP contribution in [0.15, 0.2) is 0 Å². The third-order valence-electron chi connectivity index (χ3n) is 28.8. The number of amides is 2. The first-order valence-electron chi connectivity index (χ1n) is 42.4. The molecule has 0 bridgehead atoms. The van der Waals surface area contributed by atoms with E-state index in [1.165, 1.54) is 0 Å². The maximum Gasteiger partial charge on any atom is 0.451 e. The number of nitrogens with one attached hydrogen (secondary N) is 9. The number of carbonyl (C=O) groups is 8. The van der Waals surface area contributed by atoms with E-state index >= 15 is 0 Å². The Bertz CT molecular complexity index is 3120. The van der Waals surface area contributed by atoms with E-state index < -0.39 is 113 Å². The van der Waals surface area contributed by atoms with Gasteiger partial charge in [-0.05, 0) is 174 Å². The fourth-order valence-corrected chi connectivity index (χ4v) is 22.3. The second-order valence-corrected chi connectivity index (χ2v) is 37.0. The number of likely N-dealkylation sites (N-methyl/N-ethyl adjacent to an activating group) is 1. The number of aliphatic carboxylic acids is 6. The van der Waals surface area contributed by atoms with Gasteiger partial charge in [-0.25, -0.2) is 0 Å². The van der Waals surface area contributed by atoms with Crippen molar-refractivity contribution in [2.75, 3.05) is 125 Å². The molecule has 12 saturated heterocycles. The Morgan fingerprint density at radius 3 is 0.843 bits per heavy atom. The van der Waals surface area contributed by atoms with Crippen LogP contribution in [0.3, 0.4) is 0 Å².